The van der Waals surface area contributed by atoms with Crippen molar-refractivity contribution < 1.29 is 4.79 Å². The minimum atomic E-state index is -0.0319. The Kier molecular flexibility index (Phi) is 8.16. The van der Waals surface area contributed by atoms with Crippen molar-refractivity contribution >= 4 is 68.4 Å². The molecule has 150 valence electrons. The Morgan fingerprint density at radius 3 is 2.64 bits per heavy atom. The van der Waals surface area contributed by atoms with Crippen LogP contribution >= 0.6 is 47.1 Å². The third kappa shape index (κ3) is 5.19. The average molecular weight is 456 g/mol. The maximum atomic E-state index is 13.3. The molecule has 4 nitrogen and oxygen atoms in total. The van der Waals surface area contributed by atoms with Crippen molar-refractivity contribution in [2.24, 2.45) is 0 Å². The summed E-state index contributed by atoms with van der Waals surface area (Å²) < 4.78 is 0.996. The molecule has 3 aromatic rings. The number of amides is 1. The number of carbonyl (C=O) groups excluding carboxylic acids is 1. The van der Waals surface area contributed by atoms with E-state index < -0.39 is 0 Å². The van der Waals surface area contributed by atoms with E-state index in [0.29, 0.717) is 22.3 Å². The molecule has 0 spiro atoms. The third-order valence-electron chi connectivity index (χ3n) is 4.20. The van der Waals surface area contributed by atoms with Crippen LogP contribution in [0.5, 0.6) is 0 Å². The van der Waals surface area contributed by atoms with Gasteiger partial charge in [-0.3, -0.25) is 9.69 Å². The molecule has 0 N–H and O–H groups in total. The van der Waals surface area contributed by atoms with Crippen LogP contribution in [0.25, 0.3) is 10.2 Å². The van der Waals surface area contributed by atoms with Crippen molar-refractivity contribution in [3.05, 3.63) is 52.5 Å². The molecular weight excluding hydrogens is 433 g/mol. The summed E-state index contributed by atoms with van der Waals surface area (Å²) in [5, 5.41) is 1.39. The van der Waals surface area contributed by atoms with Crippen LogP contribution in [0, 0.1) is 6.92 Å². The number of thioether (sulfide) groups is 1. The molecule has 1 aromatic heterocycles. The highest BCUT2D eigenvalue weighted by Crippen LogP contribution is 2.33. The number of anilines is 1. The molecule has 1 amide bonds. The number of carbonyl (C=O) groups is 1. The van der Waals surface area contributed by atoms with Gasteiger partial charge in [0.2, 0.25) is 0 Å². The molecule has 0 aliphatic heterocycles. The Bertz CT molecular complexity index is 975. The van der Waals surface area contributed by atoms with Gasteiger partial charge in [0, 0.05) is 28.6 Å². The lowest BCUT2D eigenvalue weighted by Crippen LogP contribution is -2.36. The van der Waals surface area contributed by atoms with Crippen molar-refractivity contribution in [1.82, 2.24) is 9.88 Å². The monoisotopic (exact) mass is 455 g/mol. The minimum Gasteiger partial charge on any atom is -0.308 e. The van der Waals surface area contributed by atoms with Crippen molar-refractivity contribution in [2.45, 2.75) is 11.8 Å². The molecule has 0 saturated heterocycles. The minimum absolute atomic E-state index is 0. The van der Waals surface area contributed by atoms with E-state index in [2.05, 4.69) is 4.90 Å². The number of benzene rings is 2. The first-order valence-electron chi connectivity index (χ1n) is 8.56. The van der Waals surface area contributed by atoms with Gasteiger partial charge in [-0.05, 0) is 63.2 Å². The van der Waals surface area contributed by atoms with Crippen LogP contribution < -0.4 is 4.90 Å². The van der Waals surface area contributed by atoms with E-state index in [1.54, 1.807) is 16.7 Å². The fourth-order valence-electron chi connectivity index (χ4n) is 2.75. The highest BCUT2D eigenvalue weighted by molar-refractivity contribution is 7.98. The van der Waals surface area contributed by atoms with E-state index in [-0.39, 0.29) is 18.3 Å². The van der Waals surface area contributed by atoms with Gasteiger partial charge >= 0.3 is 0 Å². The number of halogens is 2. The molecule has 2 aromatic carbocycles. The summed E-state index contributed by atoms with van der Waals surface area (Å²) in [7, 11) is 4.00. The summed E-state index contributed by atoms with van der Waals surface area (Å²) in [6.07, 6.45) is 2.01. The molecule has 1 heterocycles. The van der Waals surface area contributed by atoms with Gasteiger partial charge in [-0.25, -0.2) is 4.98 Å². The Morgan fingerprint density at radius 1 is 1.21 bits per heavy atom. The lowest BCUT2D eigenvalue weighted by Gasteiger charge is -2.22. The molecule has 3 rings (SSSR count). The van der Waals surface area contributed by atoms with Gasteiger partial charge in [0.1, 0.15) is 0 Å². The molecule has 28 heavy (non-hydrogen) atoms. The lowest BCUT2D eigenvalue weighted by atomic mass is 10.2. The molecular formula is C20H23Cl2N3OS2. The maximum Gasteiger partial charge on any atom is 0.260 e. The van der Waals surface area contributed by atoms with Crippen LogP contribution in [-0.4, -0.2) is 49.2 Å². The molecule has 0 aliphatic carbocycles. The van der Waals surface area contributed by atoms with Crippen molar-refractivity contribution in [2.75, 3.05) is 38.3 Å². The molecule has 0 fully saturated rings. The first kappa shape index (κ1) is 23.0. The van der Waals surface area contributed by atoms with Crippen molar-refractivity contribution in [1.29, 1.82) is 0 Å². The maximum absolute atomic E-state index is 13.3. The van der Waals surface area contributed by atoms with Gasteiger partial charge in [0.15, 0.2) is 5.13 Å². The standard InChI is InChI=1S/C20H22ClN3OS2.ClH/c1-13-10-15(21)12-17-18(13)22-20(27-17)24(9-8-23(2)3)19(25)14-6-5-7-16(11-14)26-4;/h5-7,10-12H,8-9H2,1-4H3;1H. The van der Waals surface area contributed by atoms with Crippen LogP contribution in [0.4, 0.5) is 5.13 Å². The summed E-state index contributed by atoms with van der Waals surface area (Å²) in [4.78, 5) is 23.0. The lowest BCUT2D eigenvalue weighted by molar-refractivity contribution is 0.0985. The average Bonchev–Trinajstić information content (AvgIpc) is 3.05. The van der Waals surface area contributed by atoms with Crippen LogP contribution in [0.2, 0.25) is 5.02 Å². The van der Waals surface area contributed by atoms with E-state index in [4.69, 9.17) is 16.6 Å². The molecule has 0 radical (unpaired) electrons. The van der Waals surface area contributed by atoms with Gasteiger partial charge in [-0.1, -0.05) is 29.0 Å². The Balaban J connectivity index is 0.00000280. The quantitative estimate of drug-likeness (QED) is 0.452. The molecule has 0 unspecified atom stereocenters. The van der Waals surface area contributed by atoms with Gasteiger partial charge in [-0.15, -0.1) is 24.2 Å². The van der Waals surface area contributed by atoms with E-state index in [1.807, 2.05) is 63.7 Å². The summed E-state index contributed by atoms with van der Waals surface area (Å²) in [6.45, 7) is 3.32. The molecule has 0 saturated carbocycles. The van der Waals surface area contributed by atoms with Gasteiger partial charge in [0.05, 0.1) is 10.2 Å². The molecule has 0 bridgehead atoms. The topological polar surface area (TPSA) is 36.4 Å². The highest BCUT2D eigenvalue weighted by atomic mass is 35.5. The Hall–Kier alpha value is -1.31. The van der Waals surface area contributed by atoms with Gasteiger partial charge in [-0.2, -0.15) is 0 Å². The summed E-state index contributed by atoms with van der Waals surface area (Å²) in [6, 6.07) is 11.5. The summed E-state index contributed by atoms with van der Waals surface area (Å²) in [5.74, 6) is -0.0319. The number of thiazole rings is 1. The predicted molar refractivity (Wildman–Crippen MR) is 125 cm³/mol. The molecule has 0 atom stereocenters. The number of nitrogens with zero attached hydrogens (tertiary/aromatic N) is 3. The van der Waals surface area contributed by atoms with E-state index in [0.717, 1.165) is 27.2 Å². The van der Waals surface area contributed by atoms with E-state index >= 15 is 0 Å². The Morgan fingerprint density at radius 2 is 1.96 bits per heavy atom. The number of hydrogen-bond donors (Lipinski definition) is 0. The largest absolute Gasteiger partial charge is 0.308 e. The van der Waals surface area contributed by atoms with Crippen molar-refractivity contribution in [3.63, 3.8) is 0 Å². The van der Waals surface area contributed by atoms with E-state index in [1.165, 1.54) is 11.3 Å². The van der Waals surface area contributed by atoms with Gasteiger partial charge < -0.3 is 4.90 Å². The molecule has 0 aliphatic rings. The van der Waals surface area contributed by atoms with Crippen LogP contribution in [0.1, 0.15) is 15.9 Å². The number of fused-ring (bicyclic) bond motifs is 1. The second-order valence-electron chi connectivity index (χ2n) is 6.56. The first-order valence-corrected chi connectivity index (χ1v) is 11.0. The number of aromatic nitrogens is 1. The zero-order valence-corrected chi connectivity index (χ0v) is 19.4. The number of aryl methyl sites for hydroxylation is 1. The normalized spacial score (nSPS) is 10.9. The predicted octanol–water partition coefficient (Wildman–Crippen LogP) is 5.61. The Labute approximate surface area is 185 Å². The van der Waals surface area contributed by atoms with Crippen LogP contribution in [0.3, 0.4) is 0 Å². The van der Waals surface area contributed by atoms with Crippen molar-refractivity contribution in [3.8, 4) is 0 Å². The van der Waals surface area contributed by atoms with Gasteiger partial charge in [0.25, 0.3) is 5.91 Å². The third-order valence-corrected chi connectivity index (χ3v) is 6.17. The fraction of sp³-hybridized carbons (Fsp3) is 0.300. The summed E-state index contributed by atoms with van der Waals surface area (Å²) in [5.41, 5.74) is 2.60. The van der Waals surface area contributed by atoms with Crippen LogP contribution in [0.15, 0.2) is 41.3 Å². The molecule has 8 heteroatoms. The summed E-state index contributed by atoms with van der Waals surface area (Å²) >= 11 is 9.33. The highest BCUT2D eigenvalue weighted by Gasteiger charge is 2.22. The number of rotatable bonds is 6. The SMILES string of the molecule is CSc1cccc(C(=O)N(CCN(C)C)c2nc3c(C)cc(Cl)cc3s2)c1.Cl. The van der Waals surface area contributed by atoms with Crippen LogP contribution in [-0.2, 0) is 0 Å². The smallest absolute Gasteiger partial charge is 0.260 e. The fourth-order valence-corrected chi connectivity index (χ4v) is 4.66. The van der Waals surface area contributed by atoms with E-state index in [9.17, 15) is 4.79 Å². The second-order valence-corrected chi connectivity index (χ2v) is 8.88. The first-order chi connectivity index (χ1) is 12.9. The zero-order chi connectivity index (χ0) is 19.6. The number of likely N-dealkylation sites (N-methyl/N-ethyl adjacent to an activating group) is 1. The number of hydrogen-bond acceptors (Lipinski definition) is 5. The second kappa shape index (κ2) is 9.94. The zero-order valence-electron chi connectivity index (χ0n) is 16.2.